The molecule has 0 aliphatic heterocycles. The molecule has 0 saturated carbocycles. The van der Waals surface area contributed by atoms with Crippen LogP contribution in [-0.4, -0.2) is 27.0 Å². The average Bonchev–Trinajstić information content (AvgIpc) is 2.73. The lowest BCUT2D eigenvalue weighted by Crippen LogP contribution is -1.97. The Labute approximate surface area is 118 Å². The number of carboxylic acid groups (broad SMARTS) is 1. The van der Waals surface area contributed by atoms with Crippen LogP contribution in [0.1, 0.15) is 0 Å². The Bertz CT molecular complexity index is 612. The number of benzene rings is 1. The predicted molar refractivity (Wildman–Crippen MR) is 65.7 cm³/mol. The summed E-state index contributed by atoms with van der Waals surface area (Å²) in [5, 5.41) is 15.4. The summed E-state index contributed by atoms with van der Waals surface area (Å²) in [6, 6.07) is 2.12. The molecule has 1 N–H and O–H groups in total. The summed E-state index contributed by atoms with van der Waals surface area (Å²) in [6.07, 6.45) is 0. The molecule has 0 saturated heterocycles. The monoisotopic (exact) mass is 350 g/mol. The normalized spacial score (nSPS) is 10.7. The summed E-state index contributed by atoms with van der Waals surface area (Å²) < 4.78 is 32.5. The molecule has 1 aromatic heterocycles. The highest BCUT2D eigenvalue weighted by atomic mass is 79.9. The first kappa shape index (κ1) is 13.9. The number of hydrogen-bond acceptors (Lipinski definition) is 5. The van der Waals surface area contributed by atoms with Crippen molar-refractivity contribution in [2.45, 2.75) is 5.22 Å². The molecule has 0 bridgehead atoms. The third-order valence-corrected chi connectivity index (χ3v) is 3.21. The summed E-state index contributed by atoms with van der Waals surface area (Å²) >= 11 is 3.71. The Morgan fingerprint density at radius 3 is 2.58 bits per heavy atom. The predicted octanol–water partition coefficient (Wildman–Crippen LogP) is 2.95. The van der Waals surface area contributed by atoms with E-state index in [9.17, 15) is 13.6 Å². The van der Waals surface area contributed by atoms with Crippen molar-refractivity contribution >= 4 is 33.7 Å². The molecule has 19 heavy (non-hydrogen) atoms. The second-order valence-electron chi connectivity index (χ2n) is 3.30. The Morgan fingerprint density at radius 1 is 1.37 bits per heavy atom. The summed E-state index contributed by atoms with van der Waals surface area (Å²) in [7, 11) is 0. The van der Waals surface area contributed by atoms with Gasteiger partial charge in [0.1, 0.15) is 23.0 Å². The fraction of sp³-hybridized carbons (Fsp3) is 0.100. The molecular weight excluding hydrogens is 346 g/mol. The zero-order valence-electron chi connectivity index (χ0n) is 9.06. The third-order valence-electron chi connectivity index (χ3n) is 1.95. The van der Waals surface area contributed by atoms with Gasteiger partial charge in [0.25, 0.3) is 11.1 Å². The lowest BCUT2D eigenvalue weighted by atomic mass is 10.2. The first-order valence-electron chi connectivity index (χ1n) is 4.80. The van der Waals surface area contributed by atoms with E-state index in [1.165, 1.54) is 0 Å². The van der Waals surface area contributed by atoms with Crippen molar-refractivity contribution in [3.05, 3.63) is 28.2 Å². The van der Waals surface area contributed by atoms with E-state index in [0.717, 1.165) is 23.9 Å². The van der Waals surface area contributed by atoms with E-state index in [0.29, 0.717) is 0 Å². The molecule has 5 nitrogen and oxygen atoms in total. The smallest absolute Gasteiger partial charge is 0.314 e. The first-order chi connectivity index (χ1) is 8.97. The van der Waals surface area contributed by atoms with Crippen molar-refractivity contribution in [2.75, 3.05) is 5.75 Å². The van der Waals surface area contributed by atoms with Crippen molar-refractivity contribution in [3.63, 3.8) is 0 Å². The van der Waals surface area contributed by atoms with E-state index >= 15 is 0 Å². The molecule has 0 aliphatic rings. The molecule has 2 aromatic rings. The van der Waals surface area contributed by atoms with Crippen molar-refractivity contribution in [3.8, 4) is 11.5 Å². The molecule has 0 atom stereocenters. The fourth-order valence-electron chi connectivity index (χ4n) is 1.24. The molecule has 0 amide bonds. The molecule has 1 heterocycles. The maximum Gasteiger partial charge on any atom is 0.314 e. The van der Waals surface area contributed by atoms with Gasteiger partial charge in [0.05, 0.1) is 0 Å². The largest absolute Gasteiger partial charge is 0.481 e. The van der Waals surface area contributed by atoms with Gasteiger partial charge in [-0.1, -0.05) is 27.7 Å². The zero-order chi connectivity index (χ0) is 14.0. The maximum atomic E-state index is 13.6. The number of aliphatic carboxylic acids is 1. The number of carboxylic acids is 1. The van der Waals surface area contributed by atoms with Gasteiger partial charge in [0.15, 0.2) is 0 Å². The molecule has 0 aliphatic carbocycles. The topological polar surface area (TPSA) is 76.2 Å². The number of rotatable bonds is 4. The molecule has 0 unspecified atom stereocenters. The van der Waals surface area contributed by atoms with Crippen LogP contribution in [0.15, 0.2) is 26.2 Å². The summed E-state index contributed by atoms with van der Waals surface area (Å²) in [4.78, 5) is 10.4. The van der Waals surface area contributed by atoms with E-state index in [1.807, 2.05) is 0 Å². The lowest BCUT2D eigenvalue weighted by molar-refractivity contribution is -0.133. The van der Waals surface area contributed by atoms with Gasteiger partial charge in [-0.2, -0.15) is 0 Å². The number of hydrogen-bond donors (Lipinski definition) is 1. The van der Waals surface area contributed by atoms with Crippen LogP contribution >= 0.6 is 27.7 Å². The summed E-state index contributed by atoms with van der Waals surface area (Å²) in [5.74, 6) is -3.40. The molecule has 1 aromatic carbocycles. The highest BCUT2D eigenvalue weighted by Gasteiger charge is 2.19. The van der Waals surface area contributed by atoms with Gasteiger partial charge in [0.2, 0.25) is 0 Å². The van der Waals surface area contributed by atoms with Crippen LogP contribution in [0, 0.1) is 11.6 Å². The number of nitrogens with zero attached hydrogens (tertiary/aromatic N) is 2. The minimum absolute atomic E-state index is 0.0703. The van der Waals surface area contributed by atoms with E-state index in [-0.39, 0.29) is 21.3 Å². The van der Waals surface area contributed by atoms with Crippen molar-refractivity contribution in [1.82, 2.24) is 10.2 Å². The van der Waals surface area contributed by atoms with E-state index in [4.69, 9.17) is 9.52 Å². The van der Waals surface area contributed by atoms with E-state index in [2.05, 4.69) is 26.1 Å². The summed E-state index contributed by atoms with van der Waals surface area (Å²) in [6.45, 7) is 0. The molecule has 9 heteroatoms. The van der Waals surface area contributed by atoms with Gasteiger partial charge in [0, 0.05) is 4.47 Å². The van der Waals surface area contributed by atoms with Gasteiger partial charge < -0.3 is 9.52 Å². The number of halogens is 3. The Hall–Kier alpha value is -1.48. The van der Waals surface area contributed by atoms with Crippen LogP contribution in [0.3, 0.4) is 0 Å². The molecule has 0 spiro atoms. The van der Waals surface area contributed by atoms with Gasteiger partial charge in [-0.25, -0.2) is 8.78 Å². The minimum atomic E-state index is -1.06. The van der Waals surface area contributed by atoms with Gasteiger partial charge >= 0.3 is 5.97 Å². The average molecular weight is 351 g/mol. The van der Waals surface area contributed by atoms with Crippen molar-refractivity contribution < 1.29 is 23.1 Å². The SMILES string of the molecule is O=C(O)CSc1nnc(-c2c(F)cc(Br)cc2F)o1. The molecule has 0 fully saturated rings. The van der Waals surface area contributed by atoms with Crippen LogP contribution in [0.4, 0.5) is 8.78 Å². The lowest BCUT2D eigenvalue weighted by Gasteiger charge is -2.00. The maximum absolute atomic E-state index is 13.6. The first-order valence-corrected chi connectivity index (χ1v) is 6.58. The van der Waals surface area contributed by atoms with E-state index < -0.39 is 23.2 Å². The molecular formula is C10H5BrF2N2O3S. The quantitative estimate of drug-likeness (QED) is 0.854. The molecule has 2 rings (SSSR count). The van der Waals surface area contributed by atoms with E-state index in [1.54, 1.807) is 0 Å². The third kappa shape index (κ3) is 3.29. The van der Waals surface area contributed by atoms with Crippen LogP contribution < -0.4 is 0 Å². The fourth-order valence-corrected chi connectivity index (χ4v) is 2.12. The van der Waals surface area contributed by atoms with Gasteiger partial charge in [-0.05, 0) is 12.1 Å². The highest BCUT2D eigenvalue weighted by molar-refractivity contribution is 9.10. The van der Waals surface area contributed by atoms with Crippen molar-refractivity contribution in [2.24, 2.45) is 0 Å². The Balaban J connectivity index is 2.30. The number of thioether (sulfide) groups is 1. The Kier molecular flexibility index (Phi) is 4.15. The molecule has 0 radical (unpaired) electrons. The Morgan fingerprint density at radius 2 is 2.00 bits per heavy atom. The van der Waals surface area contributed by atoms with Gasteiger partial charge in [-0.15, -0.1) is 10.2 Å². The minimum Gasteiger partial charge on any atom is -0.481 e. The standard InChI is InChI=1S/C10H5BrF2N2O3S/c11-4-1-5(12)8(6(13)2-4)9-14-15-10(18-9)19-3-7(16)17/h1-2H,3H2,(H,16,17). The highest BCUT2D eigenvalue weighted by Crippen LogP contribution is 2.29. The number of aromatic nitrogens is 2. The summed E-state index contributed by atoms with van der Waals surface area (Å²) in [5.41, 5.74) is -0.446. The van der Waals surface area contributed by atoms with Crippen LogP contribution in [0.2, 0.25) is 0 Å². The van der Waals surface area contributed by atoms with Gasteiger partial charge in [-0.3, -0.25) is 4.79 Å². The molecule has 100 valence electrons. The second-order valence-corrected chi connectivity index (χ2v) is 5.14. The van der Waals surface area contributed by atoms with Crippen molar-refractivity contribution in [1.29, 1.82) is 0 Å². The number of carbonyl (C=O) groups is 1. The zero-order valence-corrected chi connectivity index (χ0v) is 11.5. The van der Waals surface area contributed by atoms with Crippen LogP contribution in [-0.2, 0) is 4.79 Å². The second kappa shape index (κ2) is 5.66. The van der Waals surface area contributed by atoms with Crippen LogP contribution in [0.25, 0.3) is 11.5 Å². The van der Waals surface area contributed by atoms with Crippen LogP contribution in [0.5, 0.6) is 0 Å².